The molecule has 51 heavy (non-hydrogen) atoms. The molecule has 0 aromatic heterocycles. The lowest BCUT2D eigenvalue weighted by molar-refractivity contribution is -0.440. The summed E-state index contributed by atoms with van der Waals surface area (Å²) in [6, 6.07) is 13.6. The van der Waals surface area contributed by atoms with Crippen LogP contribution in [-0.2, 0) is 0 Å². The summed E-state index contributed by atoms with van der Waals surface area (Å²) in [7, 11) is 3.80. The van der Waals surface area contributed by atoms with Crippen molar-refractivity contribution in [1.29, 1.82) is 10.5 Å². The third kappa shape index (κ3) is 2.22. The topological polar surface area (TPSA) is 66.0 Å². The molecule has 0 heterocycles. The Kier molecular flexibility index (Phi) is 4.44. The van der Waals surface area contributed by atoms with E-state index in [-0.39, 0.29) is 0 Å². The second-order valence-electron chi connectivity index (χ2n) is 21.4. The first kappa shape index (κ1) is 28.5. The minimum absolute atomic E-state index is 0.439. The number of rotatable bonds is 2. The van der Waals surface area contributed by atoms with Crippen molar-refractivity contribution in [3.05, 3.63) is 46.5 Å². The van der Waals surface area contributed by atoms with Gasteiger partial charge in [0.25, 0.3) is 0 Å². The van der Waals surface area contributed by atoms with Crippen molar-refractivity contribution in [2.75, 3.05) is 14.2 Å². The molecule has 4 heteroatoms. The van der Waals surface area contributed by atoms with Gasteiger partial charge in [-0.25, -0.2) is 0 Å². The molecule has 4 nitrogen and oxygen atoms in total. The van der Waals surface area contributed by atoms with Crippen LogP contribution in [0.5, 0.6) is 11.5 Å². The normalized spacial score (nSPS) is 60.2. The van der Waals surface area contributed by atoms with Gasteiger partial charge in [-0.3, -0.25) is 0 Å². The minimum Gasteiger partial charge on any atom is -0.496 e. The average Bonchev–Trinajstić information content (AvgIpc) is 4.02. The summed E-state index contributed by atoms with van der Waals surface area (Å²) in [6.45, 7) is 11.2. The summed E-state index contributed by atoms with van der Waals surface area (Å²) < 4.78 is 12.7. The van der Waals surface area contributed by atoms with Gasteiger partial charge in [0.2, 0.25) is 0 Å². The Hall–Kier alpha value is -2.98. The van der Waals surface area contributed by atoms with Gasteiger partial charge >= 0.3 is 0 Å². The molecule has 0 saturated heterocycles. The van der Waals surface area contributed by atoms with Crippen LogP contribution in [0.15, 0.2) is 35.4 Å². The maximum absolute atomic E-state index is 9.97. The lowest BCUT2D eigenvalue weighted by atomic mass is 9.13. The Morgan fingerprint density at radius 2 is 0.961 bits per heavy atom. The van der Waals surface area contributed by atoms with E-state index in [2.05, 4.69) is 64.1 Å². The molecule has 11 saturated carbocycles. The fourth-order valence-corrected chi connectivity index (χ4v) is 22.4. The molecular formula is C47H50N2O2. The van der Waals surface area contributed by atoms with E-state index in [1.54, 1.807) is 0 Å². The number of nitrogens with zero attached hydrogens (tertiary/aromatic N) is 2. The summed E-state index contributed by atoms with van der Waals surface area (Å²) in [6.07, 6.45) is 6.75. The van der Waals surface area contributed by atoms with E-state index in [4.69, 9.17) is 9.47 Å². The molecule has 0 amide bonds. The summed E-state index contributed by atoms with van der Waals surface area (Å²) in [5, 5.41) is 22.4. The monoisotopic (exact) mass is 674 g/mol. The standard InChI is InChI=1S/C47H50N2O2/c1-44-34-23-13-24(31-22-12-11-21(30(23)31)29(22)18(16-48)17-49)35(34)45(44,2)39-28-15-27(38(39)44)40-41(28)47(4)37-26-14-25(36(37)46(40,47)3)32-33(26)43(51-6)20-10-8-7-9-19(20)42(32)50-5/h7-10,21-28,30-31,34-41H,11-15H2,1-6H3. The molecule has 2 aromatic carbocycles. The van der Waals surface area contributed by atoms with Crippen LogP contribution in [0.4, 0.5) is 0 Å². The van der Waals surface area contributed by atoms with E-state index in [0.717, 1.165) is 94.3 Å². The van der Waals surface area contributed by atoms with Gasteiger partial charge in [0.15, 0.2) is 0 Å². The Labute approximate surface area is 302 Å². The van der Waals surface area contributed by atoms with E-state index >= 15 is 0 Å². The molecular weight excluding hydrogens is 625 g/mol. The molecule has 2 aromatic rings. The van der Waals surface area contributed by atoms with Gasteiger partial charge in [0.1, 0.15) is 29.2 Å². The minimum atomic E-state index is 0.439. The Morgan fingerprint density at radius 1 is 0.569 bits per heavy atom. The van der Waals surface area contributed by atoms with E-state index in [1.165, 1.54) is 59.6 Å². The zero-order valence-electron chi connectivity index (χ0n) is 30.9. The van der Waals surface area contributed by atoms with Crippen LogP contribution >= 0.6 is 0 Å². The fourth-order valence-electron chi connectivity index (χ4n) is 22.4. The molecule has 12 aliphatic rings. The van der Waals surface area contributed by atoms with E-state index in [1.807, 2.05) is 14.2 Å². The van der Waals surface area contributed by atoms with Crippen molar-refractivity contribution in [3.63, 3.8) is 0 Å². The van der Waals surface area contributed by atoms with Gasteiger partial charge in [0.05, 0.1) is 14.2 Å². The fraction of sp³-hybridized carbons (Fsp3) is 0.702. The number of hydrogen-bond acceptors (Lipinski definition) is 4. The van der Waals surface area contributed by atoms with Crippen molar-refractivity contribution in [2.24, 2.45) is 116 Å². The Morgan fingerprint density at radius 3 is 1.37 bits per heavy atom. The average molecular weight is 675 g/mol. The zero-order chi connectivity index (χ0) is 34.2. The third-order valence-electron chi connectivity index (χ3n) is 22.4. The lowest BCUT2D eigenvalue weighted by Gasteiger charge is -2.91. The summed E-state index contributed by atoms with van der Waals surface area (Å²) >= 11 is 0. The molecule has 11 fully saturated rings. The highest BCUT2D eigenvalue weighted by Crippen LogP contribution is 3.01. The van der Waals surface area contributed by atoms with Crippen LogP contribution in [0.3, 0.4) is 0 Å². The predicted molar refractivity (Wildman–Crippen MR) is 192 cm³/mol. The van der Waals surface area contributed by atoms with Crippen molar-refractivity contribution in [1.82, 2.24) is 0 Å². The molecule has 8 bridgehead atoms. The molecule has 22 atom stereocenters. The van der Waals surface area contributed by atoms with Gasteiger partial charge in [-0.2, -0.15) is 10.5 Å². The largest absolute Gasteiger partial charge is 0.496 e. The maximum atomic E-state index is 9.97. The number of benzene rings is 2. The van der Waals surface area contributed by atoms with Crippen LogP contribution < -0.4 is 9.47 Å². The number of allylic oxidation sites excluding steroid dienone is 2. The highest BCUT2D eigenvalue weighted by Gasteiger charge is 2.97. The summed E-state index contributed by atoms with van der Waals surface area (Å²) in [5.41, 5.74) is 6.73. The molecule has 14 rings (SSSR count). The zero-order valence-corrected chi connectivity index (χ0v) is 30.9. The van der Waals surface area contributed by atoms with Gasteiger partial charge in [-0.1, -0.05) is 52.0 Å². The highest BCUT2D eigenvalue weighted by atomic mass is 16.5. The van der Waals surface area contributed by atoms with Crippen LogP contribution in [-0.4, -0.2) is 14.2 Å². The van der Waals surface area contributed by atoms with Crippen molar-refractivity contribution in [3.8, 4) is 23.6 Å². The molecule has 0 N–H and O–H groups in total. The van der Waals surface area contributed by atoms with Crippen LogP contribution in [0.1, 0.15) is 82.8 Å². The van der Waals surface area contributed by atoms with Crippen LogP contribution in [0.25, 0.3) is 10.8 Å². The highest BCUT2D eigenvalue weighted by molar-refractivity contribution is 5.97. The molecule has 0 aliphatic heterocycles. The van der Waals surface area contributed by atoms with E-state index in [0.29, 0.717) is 50.9 Å². The molecule has 12 aliphatic carbocycles. The quantitative estimate of drug-likeness (QED) is 0.181. The van der Waals surface area contributed by atoms with Gasteiger partial charge in [-0.15, -0.1) is 0 Å². The smallest absolute Gasteiger partial charge is 0.130 e. The second-order valence-corrected chi connectivity index (χ2v) is 21.4. The molecule has 260 valence electrons. The van der Waals surface area contributed by atoms with Crippen molar-refractivity contribution in [2.45, 2.75) is 71.6 Å². The number of methoxy groups -OCH3 is 2. The molecule has 0 spiro atoms. The first-order chi connectivity index (χ1) is 24.7. The first-order valence-electron chi connectivity index (χ1n) is 20.9. The predicted octanol–water partition coefficient (Wildman–Crippen LogP) is 9.37. The van der Waals surface area contributed by atoms with Gasteiger partial charge < -0.3 is 9.47 Å². The lowest BCUT2D eigenvalue weighted by Crippen LogP contribution is -2.87. The Balaban J connectivity index is 0.858. The SMILES string of the molecule is COc1c2c(c(OC)c3ccccc13)C1CC2C2C1C1(C)C3C4CC(C3C21C)C1C4C2(C)C3C4CC(C5C6CCC(C6=C(C#N)C#N)C45)C3C12C. The van der Waals surface area contributed by atoms with Crippen molar-refractivity contribution < 1.29 is 9.47 Å². The number of fused-ring (bicyclic) bond motifs is 39. The summed E-state index contributed by atoms with van der Waals surface area (Å²) in [5.74, 6) is 16.6. The molecule has 0 radical (unpaired) electrons. The molecule has 22 unspecified atom stereocenters. The summed E-state index contributed by atoms with van der Waals surface area (Å²) in [4.78, 5) is 0. The number of ether oxygens (including phenoxy) is 2. The number of hydrogen-bond donors (Lipinski definition) is 0. The van der Waals surface area contributed by atoms with Crippen LogP contribution in [0.2, 0.25) is 0 Å². The number of nitriles is 2. The van der Waals surface area contributed by atoms with Gasteiger partial charge in [-0.05, 0) is 166 Å². The maximum Gasteiger partial charge on any atom is 0.130 e. The Bertz CT molecular complexity index is 2080. The second kappa shape index (κ2) is 7.94. The van der Waals surface area contributed by atoms with Crippen molar-refractivity contribution >= 4 is 10.8 Å². The first-order valence-corrected chi connectivity index (χ1v) is 20.9. The van der Waals surface area contributed by atoms with Gasteiger partial charge in [0, 0.05) is 21.9 Å². The van der Waals surface area contributed by atoms with Crippen LogP contribution in [0, 0.1) is 139 Å². The van der Waals surface area contributed by atoms with E-state index in [9.17, 15) is 10.5 Å². The van der Waals surface area contributed by atoms with E-state index < -0.39 is 0 Å². The third-order valence-corrected chi connectivity index (χ3v) is 22.4.